The predicted molar refractivity (Wildman–Crippen MR) is 87.1 cm³/mol. The van der Waals surface area contributed by atoms with Crippen LogP contribution in [0.1, 0.15) is 12.2 Å². The molecule has 0 atom stereocenters. The molecule has 2 aromatic heterocycles. The van der Waals surface area contributed by atoms with Crippen LogP contribution in [-0.4, -0.2) is 21.8 Å². The topological polar surface area (TPSA) is 81.2 Å². The van der Waals surface area contributed by atoms with Gasteiger partial charge < -0.3 is 14.3 Å². The largest absolute Gasteiger partial charge is 0.431 e. The molecule has 1 N–H and O–H groups in total. The predicted octanol–water partition coefficient (Wildman–Crippen LogP) is 3.76. The number of thioether (sulfide) groups is 1. The summed E-state index contributed by atoms with van der Waals surface area (Å²) in [5.74, 6) is 2.25. The molecule has 0 unspecified atom stereocenters. The van der Waals surface area contributed by atoms with E-state index in [-0.39, 0.29) is 5.91 Å². The van der Waals surface area contributed by atoms with E-state index in [9.17, 15) is 4.79 Å². The number of nitrogens with one attached hydrogen (secondary N) is 1. The van der Waals surface area contributed by atoms with Crippen LogP contribution in [0.3, 0.4) is 0 Å². The molecule has 0 saturated carbocycles. The number of oxazole rings is 1. The molecular formula is C16H15N3O3S. The number of rotatable bonds is 6. The first-order valence-corrected chi connectivity index (χ1v) is 8.06. The van der Waals surface area contributed by atoms with Crippen molar-refractivity contribution in [3.05, 3.63) is 48.4 Å². The average Bonchev–Trinajstić information content (AvgIpc) is 3.17. The van der Waals surface area contributed by atoms with Crippen LogP contribution < -0.4 is 5.32 Å². The van der Waals surface area contributed by atoms with E-state index in [1.165, 1.54) is 11.8 Å². The van der Waals surface area contributed by atoms with Gasteiger partial charge in [0.25, 0.3) is 5.22 Å². The van der Waals surface area contributed by atoms with Gasteiger partial charge in [-0.3, -0.25) is 4.79 Å². The Morgan fingerprint density at radius 2 is 2.13 bits per heavy atom. The Hall–Kier alpha value is -2.54. The molecule has 0 bridgehead atoms. The van der Waals surface area contributed by atoms with Crippen molar-refractivity contribution in [1.29, 1.82) is 0 Å². The fourth-order valence-corrected chi connectivity index (χ4v) is 2.66. The first kappa shape index (κ1) is 15.4. The molecule has 6 nitrogen and oxygen atoms in total. The minimum absolute atomic E-state index is 0.124. The summed E-state index contributed by atoms with van der Waals surface area (Å²) in [6.45, 7) is 1.77. The zero-order chi connectivity index (χ0) is 16.1. The van der Waals surface area contributed by atoms with E-state index in [2.05, 4.69) is 15.5 Å². The highest BCUT2D eigenvalue weighted by Crippen LogP contribution is 2.25. The molecule has 1 aromatic carbocycles. The zero-order valence-electron chi connectivity index (χ0n) is 12.5. The molecule has 118 valence electrons. The zero-order valence-corrected chi connectivity index (χ0v) is 13.3. The van der Waals surface area contributed by atoms with Crippen molar-refractivity contribution in [3.8, 4) is 11.3 Å². The van der Waals surface area contributed by atoms with Crippen molar-refractivity contribution in [2.45, 2.75) is 18.6 Å². The van der Waals surface area contributed by atoms with E-state index in [1.807, 2.05) is 30.3 Å². The fraction of sp³-hybridized carbons (Fsp3) is 0.188. The third kappa shape index (κ3) is 4.23. The smallest absolute Gasteiger partial charge is 0.256 e. The molecule has 0 aliphatic rings. The SMILES string of the molecule is Cc1cc(NC(=O)CCSc2ncc(-c3ccccc3)o2)no1. The second-order valence-electron chi connectivity index (χ2n) is 4.83. The molecule has 0 aliphatic carbocycles. The Morgan fingerprint density at radius 1 is 1.30 bits per heavy atom. The van der Waals surface area contributed by atoms with Crippen molar-refractivity contribution < 1.29 is 13.7 Å². The molecule has 3 rings (SSSR count). The Labute approximate surface area is 137 Å². The second kappa shape index (κ2) is 7.15. The van der Waals surface area contributed by atoms with E-state index < -0.39 is 0 Å². The minimum Gasteiger partial charge on any atom is -0.431 e. The van der Waals surface area contributed by atoms with Crippen molar-refractivity contribution in [2.24, 2.45) is 0 Å². The Kier molecular flexibility index (Phi) is 4.77. The van der Waals surface area contributed by atoms with Gasteiger partial charge in [-0.1, -0.05) is 47.3 Å². The summed E-state index contributed by atoms with van der Waals surface area (Å²) in [5, 5.41) is 6.94. The summed E-state index contributed by atoms with van der Waals surface area (Å²) in [5.41, 5.74) is 0.978. The van der Waals surface area contributed by atoms with Crippen LogP contribution in [0.5, 0.6) is 0 Å². The Balaban J connectivity index is 1.47. The number of carbonyl (C=O) groups excluding carboxylic acids is 1. The molecule has 0 fully saturated rings. The molecule has 0 radical (unpaired) electrons. The lowest BCUT2D eigenvalue weighted by molar-refractivity contribution is -0.115. The van der Waals surface area contributed by atoms with Crippen molar-refractivity contribution in [1.82, 2.24) is 10.1 Å². The maximum absolute atomic E-state index is 11.8. The van der Waals surface area contributed by atoms with Crippen LogP contribution in [-0.2, 0) is 4.79 Å². The summed E-state index contributed by atoms with van der Waals surface area (Å²) in [4.78, 5) is 16.0. The summed E-state index contributed by atoms with van der Waals surface area (Å²) in [6, 6.07) is 11.4. The Morgan fingerprint density at radius 3 is 2.87 bits per heavy atom. The number of aryl methyl sites for hydroxylation is 1. The number of nitrogens with zero attached hydrogens (tertiary/aromatic N) is 2. The number of hydrogen-bond donors (Lipinski definition) is 1. The normalized spacial score (nSPS) is 10.7. The molecule has 3 aromatic rings. The van der Waals surface area contributed by atoms with Gasteiger partial charge in [-0.2, -0.15) is 0 Å². The first-order valence-electron chi connectivity index (χ1n) is 7.08. The minimum atomic E-state index is -0.124. The molecule has 0 spiro atoms. The van der Waals surface area contributed by atoms with E-state index in [0.717, 1.165) is 11.3 Å². The molecule has 23 heavy (non-hydrogen) atoms. The van der Waals surface area contributed by atoms with Gasteiger partial charge in [-0.05, 0) is 6.92 Å². The molecule has 0 aliphatic heterocycles. The number of hydrogen-bond acceptors (Lipinski definition) is 6. The maximum atomic E-state index is 11.8. The van der Waals surface area contributed by atoms with Crippen LogP contribution in [0.4, 0.5) is 5.82 Å². The standard InChI is InChI=1S/C16H15N3O3S/c1-11-9-14(19-22-11)18-15(20)7-8-23-16-17-10-13(21-16)12-5-3-2-4-6-12/h2-6,9-10H,7-8H2,1H3,(H,18,19,20). The number of carbonyl (C=O) groups is 1. The van der Waals surface area contributed by atoms with Crippen molar-refractivity contribution in [3.63, 3.8) is 0 Å². The van der Waals surface area contributed by atoms with Gasteiger partial charge in [0.05, 0.1) is 6.20 Å². The van der Waals surface area contributed by atoms with Crippen LogP contribution in [0.2, 0.25) is 0 Å². The van der Waals surface area contributed by atoms with Gasteiger partial charge in [-0.15, -0.1) is 0 Å². The number of amides is 1. The highest BCUT2D eigenvalue weighted by molar-refractivity contribution is 7.99. The molecular weight excluding hydrogens is 314 g/mol. The molecule has 2 heterocycles. The number of anilines is 1. The summed E-state index contributed by atoms with van der Waals surface area (Å²) in [6.07, 6.45) is 2.02. The molecule has 0 saturated heterocycles. The summed E-state index contributed by atoms with van der Waals surface area (Å²) < 4.78 is 10.6. The van der Waals surface area contributed by atoms with Crippen LogP contribution in [0.15, 0.2) is 56.8 Å². The van der Waals surface area contributed by atoms with E-state index in [1.54, 1.807) is 19.2 Å². The lowest BCUT2D eigenvalue weighted by atomic mass is 10.2. The van der Waals surface area contributed by atoms with E-state index >= 15 is 0 Å². The lowest BCUT2D eigenvalue weighted by Gasteiger charge is -1.99. The number of benzene rings is 1. The fourth-order valence-electron chi connectivity index (χ4n) is 1.92. The highest BCUT2D eigenvalue weighted by Gasteiger charge is 2.09. The average molecular weight is 329 g/mol. The van der Waals surface area contributed by atoms with E-state index in [4.69, 9.17) is 8.94 Å². The number of aromatic nitrogens is 2. The van der Waals surface area contributed by atoms with Gasteiger partial charge in [0.2, 0.25) is 5.91 Å². The summed E-state index contributed by atoms with van der Waals surface area (Å²) in [7, 11) is 0. The lowest BCUT2D eigenvalue weighted by Crippen LogP contribution is -2.12. The van der Waals surface area contributed by atoms with Crippen molar-refractivity contribution >= 4 is 23.5 Å². The molecule has 1 amide bonds. The van der Waals surface area contributed by atoms with Crippen LogP contribution >= 0.6 is 11.8 Å². The molecule has 7 heteroatoms. The second-order valence-corrected chi connectivity index (χ2v) is 5.87. The van der Waals surface area contributed by atoms with E-state index in [0.29, 0.717) is 29.0 Å². The third-order valence-corrected chi connectivity index (χ3v) is 3.84. The Bertz CT molecular complexity index is 783. The highest BCUT2D eigenvalue weighted by atomic mass is 32.2. The monoisotopic (exact) mass is 329 g/mol. The quantitative estimate of drug-likeness (QED) is 0.694. The first-order chi connectivity index (χ1) is 11.2. The third-order valence-electron chi connectivity index (χ3n) is 2.99. The van der Waals surface area contributed by atoms with Crippen LogP contribution in [0, 0.1) is 6.92 Å². The van der Waals surface area contributed by atoms with Crippen molar-refractivity contribution in [2.75, 3.05) is 11.1 Å². The van der Waals surface area contributed by atoms with Gasteiger partial charge in [0.15, 0.2) is 11.6 Å². The van der Waals surface area contributed by atoms with Gasteiger partial charge in [0, 0.05) is 23.8 Å². The summed E-state index contributed by atoms with van der Waals surface area (Å²) >= 11 is 1.40. The maximum Gasteiger partial charge on any atom is 0.256 e. The van der Waals surface area contributed by atoms with Gasteiger partial charge in [-0.25, -0.2) is 4.98 Å². The van der Waals surface area contributed by atoms with Gasteiger partial charge >= 0.3 is 0 Å². The van der Waals surface area contributed by atoms with Gasteiger partial charge in [0.1, 0.15) is 5.76 Å². The van der Waals surface area contributed by atoms with Crippen LogP contribution in [0.25, 0.3) is 11.3 Å².